The zero-order valence-corrected chi connectivity index (χ0v) is 11.9. The molecule has 0 rings (SSSR count). The Hall–Kier alpha value is -2.03. The standard InChI is InChI=1S/C14H23N3O3/c1-2-3-9-17-14(20)12(10-15)11-16-8-6-4-5-7-13(18)19/h11,16H,2-9H2,1H3,(H,17,20)(H,18,19)/b12-11-. The van der Waals surface area contributed by atoms with Gasteiger partial charge in [0.25, 0.3) is 5.91 Å². The van der Waals surface area contributed by atoms with Crippen LogP contribution in [0, 0.1) is 11.3 Å². The maximum Gasteiger partial charge on any atom is 0.303 e. The van der Waals surface area contributed by atoms with Crippen molar-refractivity contribution in [2.24, 2.45) is 0 Å². The lowest BCUT2D eigenvalue weighted by atomic mass is 10.2. The molecule has 0 aliphatic rings. The molecule has 0 bridgehead atoms. The molecule has 0 fully saturated rings. The molecule has 6 nitrogen and oxygen atoms in total. The van der Waals surface area contributed by atoms with Crippen LogP contribution in [-0.4, -0.2) is 30.1 Å². The van der Waals surface area contributed by atoms with E-state index in [1.54, 1.807) is 0 Å². The molecule has 0 aliphatic carbocycles. The maximum absolute atomic E-state index is 11.6. The number of amides is 1. The number of nitrogens with one attached hydrogen (secondary N) is 2. The second kappa shape index (κ2) is 12.0. The highest BCUT2D eigenvalue weighted by Crippen LogP contribution is 1.99. The number of nitriles is 1. The maximum atomic E-state index is 11.6. The van der Waals surface area contributed by atoms with E-state index in [2.05, 4.69) is 10.6 Å². The van der Waals surface area contributed by atoms with E-state index in [9.17, 15) is 9.59 Å². The summed E-state index contributed by atoms with van der Waals surface area (Å²) in [7, 11) is 0. The molecule has 6 heteroatoms. The Morgan fingerprint density at radius 2 is 1.95 bits per heavy atom. The number of carboxylic acids is 1. The zero-order valence-electron chi connectivity index (χ0n) is 11.9. The number of hydrogen-bond donors (Lipinski definition) is 3. The lowest BCUT2D eigenvalue weighted by Crippen LogP contribution is -2.26. The van der Waals surface area contributed by atoms with Crippen molar-refractivity contribution >= 4 is 11.9 Å². The Morgan fingerprint density at radius 3 is 2.55 bits per heavy atom. The summed E-state index contributed by atoms with van der Waals surface area (Å²) in [6.07, 6.45) is 5.72. The van der Waals surface area contributed by atoms with E-state index in [0.29, 0.717) is 19.5 Å². The number of carbonyl (C=O) groups excluding carboxylic acids is 1. The van der Waals surface area contributed by atoms with Gasteiger partial charge >= 0.3 is 5.97 Å². The number of carbonyl (C=O) groups is 2. The molecular weight excluding hydrogens is 258 g/mol. The predicted octanol–water partition coefficient (Wildman–Crippen LogP) is 1.54. The highest BCUT2D eigenvalue weighted by atomic mass is 16.4. The molecule has 0 saturated heterocycles. The third-order valence-corrected chi connectivity index (χ3v) is 2.64. The van der Waals surface area contributed by atoms with Gasteiger partial charge in [0.15, 0.2) is 0 Å². The topological polar surface area (TPSA) is 102 Å². The number of unbranched alkanes of at least 4 members (excludes halogenated alkanes) is 3. The van der Waals surface area contributed by atoms with Gasteiger partial charge in [0.05, 0.1) is 0 Å². The number of rotatable bonds is 11. The Kier molecular flexibility index (Phi) is 10.8. The van der Waals surface area contributed by atoms with Crippen LogP contribution in [0.4, 0.5) is 0 Å². The first-order chi connectivity index (χ1) is 9.61. The molecule has 0 unspecified atom stereocenters. The molecule has 0 radical (unpaired) electrons. The van der Waals surface area contributed by atoms with Crippen LogP contribution < -0.4 is 10.6 Å². The second-order valence-electron chi connectivity index (χ2n) is 4.44. The molecule has 0 heterocycles. The van der Waals surface area contributed by atoms with Crippen molar-refractivity contribution in [2.45, 2.75) is 45.4 Å². The predicted molar refractivity (Wildman–Crippen MR) is 75.7 cm³/mol. The first-order valence-corrected chi connectivity index (χ1v) is 6.95. The first kappa shape index (κ1) is 18.0. The summed E-state index contributed by atoms with van der Waals surface area (Å²) in [6, 6.07) is 1.85. The van der Waals surface area contributed by atoms with Gasteiger partial charge in [-0.05, 0) is 19.3 Å². The Bertz CT molecular complexity index is 372. The molecule has 1 amide bonds. The third-order valence-electron chi connectivity index (χ3n) is 2.64. The molecule has 0 atom stereocenters. The minimum absolute atomic E-state index is 0.0617. The van der Waals surface area contributed by atoms with Crippen LogP contribution in [0.1, 0.15) is 45.4 Å². The van der Waals surface area contributed by atoms with Gasteiger partial charge in [-0.15, -0.1) is 0 Å². The summed E-state index contributed by atoms with van der Waals surface area (Å²) in [5.74, 6) is -1.15. The quantitative estimate of drug-likeness (QED) is 0.303. The fourth-order valence-corrected chi connectivity index (χ4v) is 1.48. The van der Waals surface area contributed by atoms with E-state index in [1.165, 1.54) is 6.20 Å². The number of carboxylic acid groups (broad SMARTS) is 1. The monoisotopic (exact) mass is 281 g/mol. The van der Waals surface area contributed by atoms with E-state index in [0.717, 1.165) is 25.7 Å². The fraction of sp³-hybridized carbons (Fsp3) is 0.643. The lowest BCUT2D eigenvalue weighted by molar-refractivity contribution is -0.137. The van der Waals surface area contributed by atoms with Crippen LogP contribution in [0.3, 0.4) is 0 Å². The van der Waals surface area contributed by atoms with Crippen LogP contribution in [0.5, 0.6) is 0 Å². The number of hydrogen-bond acceptors (Lipinski definition) is 4. The molecule has 0 spiro atoms. The van der Waals surface area contributed by atoms with Gasteiger partial charge in [-0.3, -0.25) is 9.59 Å². The van der Waals surface area contributed by atoms with Crippen molar-refractivity contribution in [2.75, 3.05) is 13.1 Å². The zero-order chi connectivity index (χ0) is 15.2. The number of nitrogens with zero attached hydrogens (tertiary/aromatic N) is 1. The van der Waals surface area contributed by atoms with Crippen LogP contribution in [-0.2, 0) is 9.59 Å². The Morgan fingerprint density at radius 1 is 1.20 bits per heavy atom. The minimum Gasteiger partial charge on any atom is -0.481 e. The summed E-state index contributed by atoms with van der Waals surface area (Å²) in [4.78, 5) is 21.9. The van der Waals surface area contributed by atoms with E-state index in [1.807, 2.05) is 13.0 Å². The van der Waals surface area contributed by atoms with Gasteiger partial charge in [0, 0.05) is 25.7 Å². The van der Waals surface area contributed by atoms with Crippen LogP contribution >= 0.6 is 0 Å². The van der Waals surface area contributed by atoms with Crippen molar-refractivity contribution in [1.82, 2.24) is 10.6 Å². The van der Waals surface area contributed by atoms with Gasteiger partial charge < -0.3 is 15.7 Å². The summed E-state index contributed by atoms with van der Waals surface area (Å²) >= 11 is 0. The Balaban J connectivity index is 3.81. The van der Waals surface area contributed by atoms with Gasteiger partial charge in [-0.25, -0.2) is 0 Å². The SMILES string of the molecule is CCCCNC(=O)/C(C#N)=C\NCCCCCC(=O)O. The molecule has 0 saturated carbocycles. The first-order valence-electron chi connectivity index (χ1n) is 6.95. The van der Waals surface area contributed by atoms with Gasteiger partial charge in [0.2, 0.25) is 0 Å². The normalized spacial score (nSPS) is 10.7. The van der Waals surface area contributed by atoms with E-state index >= 15 is 0 Å². The lowest BCUT2D eigenvalue weighted by Gasteiger charge is -2.04. The van der Waals surface area contributed by atoms with E-state index < -0.39 is 5.97 Å². The van der Waals surface area contributed by atoms with Gasteiger partial charge in [-0.1, -0.05) is 19.8 Å². The summed E-state index contributed by atoms with van der Waals surface area (Å²) in [6.45, 7) is 3.22. The van der Waals surface area contributed by atoms with Gasteiger partial charge in [-0.2, -0.15) is 5.26 Å². The van der Waals surface area contributed by atoms with Crippen molar-refractivity contribution < 1.29 is 14.7 Å². The molecule has 0 aliphatic heterocycles. The molecule has 0 aromatic rings. The summed E-state index contributed by atoms with van der Waals surface area (Å²) < 4.78 is 0. The van der Waals surface area contributed by atoms with E-state index in [4.69, 9.17) is 10.4 Å². The van der Waals surface area contributed by atoms with Crippen LogP contribution in [0.15, 0.2) is 11.8 Å². The highest BCUT2D eigenvalue weighted by Gasteiger charge is 2.06. The summed E-state index contributed by atoms with van der Waals surface area (Å²) in [5, 5.41) is 22.9. The molecular formula is C14H23N3O3. The Labute approximate surface area is 119 Å². The van der Waals surface area contributed by atoms with Gasteiger partial charge in [0.1, 0.15) is 11.6 Å². The van der Waals surface area contributed by atoms with Crippen molar-refractivity contribution in [1.29, 1.82) is 5.26 Å². The molecule has 0 aromatic heterocycles. The fourth-order valence-electron chi connectivity index (χ4n) is 1.48. The van der Waals surface area contributed by atoms with Crippen LogP contribution in [0.25, 0.3) is 0 Å². The van der Waals surface area contributed by atoms with Crippen molar-refractivity contribution in [3.63, 3.8) is 0 Å². The largest absolute Gasteiger partial charge is 0.481 e. The van der Waals surface area contributed by atoms with Crippen molar-refractivity contribution in [3.8, 4) is 6.07 Å². The minimum atomic E-state index is -0.784. The average molecular weight is 281 g/mol. The third kappa shape index (κ3) is 9.95. The smallest absolute Gasteiger partial charge is 0.303 e. The highest BCUT2D eigenvalue weighted by molar-refractivity contribution is 5.97. The van der Waals surface area contributed by atoms with Crippen molar-refractivity contribution in [3.05, 3.63) is 11.8 Å². The molecule has 20 heavy (non-hydrogen) atoms. The molecule has 3 N–H and O–H groups in total. The average Bonchev–Trinajstić information content (AvgIpc) is 2.41. The molecule has 112 valence electrons. The molecule has 0 aromatic carbocycles. The van der Waals surface area contributed by atoms with Crippen LogP contribution in [0.2, 0.25) is 0 Å². The van der Waals surface area contributed by atoms with E-state index in [-0.39, 0.29) is 17.9 Å². The summed E-state index contributed by atoms with van der Waals surface area (Å²) in [5.41, 5.74) is 0.0617. The number of aliphatic carboxylic acids is 1. The second-order valence-corrected chi connectivity index (χ2v) is 4.44.